The van der Waals surface area contributed by atoms with Crippen molar-refractivity contribution >= 4 is 27.5 Å². The number of nitrogens with zero attached hydrogens (tertiary/aromatic N) is 2. The predicted octanol–water partition coefficient (Wildman–Crippen LogP) is 2.85. The highest BCUT2D eigenvalue weighted by Crippen LogP contribution is 2.24. The first kappa shape index (κ1) is 18.9. The summed E-state index contributed by atoms with van der Waals surface area (Å²) in [5.74, 6) is -0.258. The first-order chi connectivity index (χ1) is 10.3. The van der Waals surface area contributed by atoms with Crippen LogP contribution >= 0.6 is 11.6 Å². The van der Waals surface area contributed by atoms with Crippen LogP contribution < -0.4 is 0 Å². The molecule has 22 heavy (non-hydrogen) atoms. The second-order valence-corrected chi connectivity index (χ2v) is 7.05. The Morgan fingerprint density at radius 3 is 2.05 bits per heavy atom. The Morgan fingerprint density at radius 1 is 1.05 bits per heavy atom. The van der Waals surface area contributed by atoms with E-state index in [1.165, 1.54) is 22.5 Å². The highest BCUT2D eigenvalue weighted by Gasteiger charge is 2.24. The molecule has 0 atom stereocenters. The zero-order chi connectivity index (χ0) is 16.9. The van der Waals surface area contributed by atoms with E-state index < -0.39 is 10.0 Å². The van der Waals surface area contributed by atoms with Crippen molar-refractivity contribution < 1.29 is 13.2 Å². The van der Waals surface area contributed by atoms with E-state index in [2.05, 4.69) is 0 Å². The standard InChI is InChI=1S/C15H23ClN2O3S/c1-5-17(6-2)15(19)13-11-12(9-10-14(13)16)22(20,21)18(7-3)8-4/h9-11H,5-8H2,1-4H3. The number of sulfonamides is 1. The molecular formula is C15H23ClN2O3S. The molecule has 0 saturated heterocycles. The lowest BCUT2D eigenvalue weighted by Gasteiger charge is -2.21. The fraction of sp³-hybridized carbons (Fsp3) is 0.533. The van der Waals surface area contributed by atoms with E-state index in [9.17, 15) is 13.2 Å². The summed E-state index contributed by atoms with van der Waals surface area (Å²) in [6.45, 7) is 9.12. The van der Waals surface area contributed by atoms with Crippen molar-refractivity contribution in [1.29, 1.82) is 0 Å². The normalized spacial score (nSPS) is 11.7. The van der Waals surface area contributed by atoms with Crippen molar-refractivity contribution in [3.8, 4) is 0 Å². The maximum absolute atomic E-state index is 12.5. The van der Waals surface area contributed by atoms with Crippen LogP contribution in [-0.4, -0.2) is 49.7 Å². The van der Waals surface area contributed by atoms with Crippen LogP contribution in [0.3, 0.4) is 0 Å². The van der Waals surface area contributed by atoms with Crippen molar-refractivity contribution in [3.05, 3.63) is 28.8 Å². The van der Waals surface area contributed by atoms with Crippen molar-refractivity contribution in [2.75, 3.05) is 26.2 Å². The Labute approximate surface area is 137 Å². The van der Waals surface area contributed by atoms with Gasteiger partial charge in [-0.15, -0.1) is 0 Å². The van der Waals surface area contributed by atoms with E-state index in [0.717, 1.165) is 0 Å². The minimum Gasteiger partial charge on any atom is -0.339 e. The number of hydrogen-bond donors (Lipinski definition) is 0. The summed E-state index contributed by atoms with van der Waals surface area (Å²) in [6, 6.07) is 4.28. The Bertz CT molecular complexity index is 624. The van der Waals surface area contributed by atoms with E-state index in [1.807, 2.05) is 13.8 Å². The molecular weight excluding hydrogens is 324 g/mol. The van der Waals surface area contributed by atoms with Gasteiger partial charge in [0.1, 0.15) is 0 Å². The lowest BCUT2D eigenvalue weighted by Crippen LogP contribution is -2.32. The molecule has 1 aromatic carbocycles. The molecule has 0 radical (unpaired) electrons. The van der Waals surface area contributed by atoms with Crippen molar-refractivity contribution in [2.24, 2.45) is 0 Å². The molecule has 0 spiro atoms. The van der Waals surface area contributed by atoms with Gasteiger partial charge in [0.25, 0.3) is 5.91 Å². The second-order valence-electron chi connectivity index (χ2n) is 4.71. The molecule has 0 unspecified atom stereocenters. The van der Waals surface area contributed by atoms with Crippen LogP contribution in [0, 0.1) is 0 Å². The number of amides is 1. The predicted molar refractivity (Wildman–Crippen MR) is 88.8 cm³/mol. The summed E-state index contributed by atoms with van der Waals surface area (Å²) in [6.07, 6.45) is 0. The number of hydrogen-bond acceptors (Lipinski definition) is 3. The topological polar surface area (TPSA) is 57.7 Å². The van der Waals surface area contributed by atoms with Crippen LogP contribution in [0.25, 0.3) is 0 Å². The Kier molecular flexibility index (Phi) is 6.84. The van der Waals surface area contributed by atoms with Gasteiger partial charge in [0.15, 0.2) is 0 Å². The van der Waals surface area contributed by atoms with Gasteiger partial charge in [0.2, 0.25) is 10.0 Å². The Morgan fingerprint density at radius 2 is 1.59 bits per heavy atom. The molecule has 5 nitrogen and oxygen atoms in total. The molecule has 0 aliphatic heterocycles. The average Bonchev–Trinajstić information content (AvgIpc) is 2.49. The molecule has 0 fully saturated rings. The van der Waals surface area contributed by atoms with E-state index >= 15 is 0 Å². The van der Waals surface area contributed by atoms with E-state index in [-0.39, 0.29) is 21.4 Å². The number of carbonyl (C=O) groups is 1. The van der Waals surface area contributed by atoms with E-state index in [4.69, 9.17) is 11.6 Å². The Hall–Kier alpha value is -1.11. The molecule has 0 bridgehead atoms. The summed E-state index contributed by atoms with van der Waals surface area (Å²) in [4.78, 5) is 14.1. The third-order valence-electron chi connectivity index (χ3n) is 3.56. The first-order valence-corrected chi connectivity index (χ1v) is 9.24. The molecule has 124 valence electrons. The second kappa shape index (κ2) is 7.94. The van der Waals surface area contributed by atoms with Gasteiger partial charge in [0.05, 0.1) is 15.5 Å². The van der Waals surface area contributed by atoms with Crippen molar-refractivity contribution in [2.45, 2.75) is 32.6 Å². The van der Waals surface area contributed by atoms with E-state index in [0.29, 0.717) is 26.2 Å². The van der Waals surface area contributed by atoms with Gasteiger partial charge in [-0.2, -0.15) is 4.31 Å². The summed E-state index contributed by atoms with van der Waals surface area (Å²) in [5.41, 5.74) is 0.221. The van der Waals surface area contributed by atoms with Crippen LogP contribution in [0.2, 0.25) is 5.02 Å². The van der Waals surface area contributed by atoms with Gasteiger partial charge in [-0.1, -0.05) is 25.4 Å². The molecule has 1 amide bonds. The molecule has 0 heterocycles. The molecule has 0 N–H and O–H groups in total. The molecule has 0 aliphatic rings. The lowest BCUT2D eigenvalue weighted by molar-refractivity contribution is 0.0773. The zero-order valence-corrected chi connectivity index (χ0v) is 15.0. The third kappa shape index (κ3) is 3.80. The summed E-state index contributed by atoms with van der Waals surface area (Å²) < 4.78 is 26.4. The number of rotatable bonds is 7. The quantitative estimate of drug-likeness (QED) is 0.762. The van der Waals surface area contributed by atoms with Gasteiger partial charge in [-0.05, 0) is 32.0 Å². The Balaban J connectivity index is 3.34. The van der Waals surface area contributed by atoms with Gasteiger partial charge < -0.3 is 4.90 Å². The number of carbonyl (C=O) groups excluding carboxylic acids is 1. The van der Waals surface area contributed by atoms with Crippen LogP contribution in [0.1, 0.15) is 38.1 Å². The fourth-order valence-corrected chi connectivity index (χ4v) is 3.91. The lowest BCUT2D eigenvalue weighted by atomic mass is 10.2. The van der Waals surface area contributed by atoms with Gasteiger partial charge in [-0.25, -0.2) is 8.42 Å². The minimum absolute atomic E-state index is 0.0936. The number of benzene rings is 1. The number of halogens is 1. The minimum atomic E-state index is -3.61. The maximum atomic E-state index is 12.5. The molecule has 0 saturated carbocycles. The van der Waals surface area contributed by atoms with Crippen LogP contribution in [0.5, 0.6) is 0 Å². The monoisotopic (exact) mass is 346 g/mol. The highest BCUT2D eigenvalue weighted by atomic mass is 35.5. The third-order valence-corrected chi connectivity index (χ3v) is 5.94. The largest absolute Gasteiger partial charge is 0.339 e. The molecule has 1 rings (SSSR count). The van der Waals surface area contributed by atoms with Gasteiger partial charge in [-0.3, -0.25) is 4.79 Å². The van der Waals surface area contributed by atoms with Crippen molar-refractivity contribution in [1.82, 2.24) is 9.21 Å². The zero-order valence-electron chi connectivity index (χ0n) is 13.5. The highest BCUT2D eigenvalue weighted by molar-refractivity contribution is 7.89. The van der Waals surface area contributed by atoms with Gasteiger partial charge >= 0.3 is 0 Å². The average molecular weight is 347 g/mol. The van der Waals surface area contributed by atoms with Gasteiger partial charge in [0, 0.05) is 26.2 Å². The molecule has 0 aromatic heterocycles. The van der Waals surface area contributed by atoms with E-state index in [1.54, 1.807) is 18.7 Å². The fourth-order valence-electron chi connectivity index (χ4n) is 2.22. The molecule has 7 heteroatoms. The van der Waals surface area contributed by atoms with Crippen LogP contribution in [0.15, 0.2) is 23.1 Å². The van der Waals surface area contributed by atoms with Crippen molar-refractivity contribution in [3.63, 3.8) is 0 Å². The summed E-state index contributed by atoms with van der Waals surface area (Å²) in [7, 11) is -3.61. The SMILES string of the molecule is CCN(CC)C(=O)c1cc(S(=O)(=O)N(CC)CC)ccc1Cl. The van der Waals surface area contributed by atoms with Crippen LogP contribution in [-0.2, 0) is 10.0 Å². The molecule has 1 aromatic rings. The maximum Gasteiger partial charge on any atom is 0.255 e. The first-order valence-electron chi connectivity index (χ1n) is 7.42. The summed E-state index contributed by atoms with van der Waals surface area (Å²) >= 11 is 6.09. The van der Waals surface area contributed by atoms with Crippen LogP contribution in [0.4, 0.5) is 0 Å². The summed E-state index contributed by atoms with van der Waals surface area (Å²) in [5, 5.41) is 0.260. The molecule has 0 aliphatic carbocycles. The smallest absolute Gasteiger partial charge is 0.255 e.